The van der Waals surface area contributed by atoms with Crippen LogP contribution in [0.1, 0.15) is 40.4 Å². The van der Waals surface area contributed by atoms with Crippen molar-refractivity contribution in [3.05, 3.63) is 35.2 Å². The number of methoxy groups -OCH3 is 1. The molecule has 3 heterocycles. The lowest BCUT2D eigenvalue weighted by atomic mass is 9.98. The zero-order valence-electron chi connectivity index (χ0n) is 14.1. The first-order chi connectivity index (χ1) is 11.0. The van der Waals surface area contributed by atoms with Gasteiger partial charge in [-0.1, -0.05) is 0 Å². The molecule has 7 nitrogen and oxygen atoms in total. The summed E-state index contributed by atoms with van der Waals surface area (Å²) in [4.78, 5) is 19.3. The van der Waals surface area contributed by atoms with E-state index in [1.807, 2.05) is 42.8 Å². The van der Waals surface area contributed by atoms with E-state index >= 15 is 0 Å². The summed E-state index contributed by atoms with van der Waals surface area (Å²) in [5.74, 6) is 0.143. The van der Waals surface area contributed by atoms with Crippen LogP contribution in [0.15, 0.2) is 12.4 Å². The van der Waals surface area contributed by atoms with E-state index < -0.39 is 0 Å². The first kappa shape index (κ1) is 15.7. The molecular weight excluding hydrogens is 294 g/mol. The number of carbonyl (C=O) groups is 1. The van der Waals surface area contributed by atoms with E-state index in [0.29, 0.717) is 31.9 Å². The van der Waals surface area contributed by atoms with Crippen molar-refractivity contribution in [3.8, 4) is 0 Å². The maximum Gasteiger partial charge on any atom is 0.272 e. The van der Waals surface area contributed by atoms with E-state index in [-0.39, 0.29) is 11.8 Å². The lowest BCUT2D eigenvalue weighted by molar-refractivity contribution is 0.0661. The minimum Gasteiger partial charge on any atom is -0.384 e. The van der Waals surface area contributed by atoms with Crippen LogP contribution < -0.4 is 0 Å². The van der Waals surface area contributed by atoms with Gasteiger partial charge in [0.15, 0.2) is 0 Å². The molecule has 1 atom stereocenters. The first-order valence-corrected chi connectivity index (χ1v) is 7.87. The Labute approximate surface area is 135 Å². The number of fused-ring (bicyclic) bond motifs is 1. The second-order valence-electron chi connectivity index (χ2n) is 6.01. The molecule has 7 heteroatoms. The summed E-state index contributed by atoms with van der Waals surface area (Å²) < 4.78 is 9.14. The molecule has 124 valence electrons. The zero-order valence-corrected chi connectivity index (χ0v) is 14.1. The van der Waals surface area contributed by atoms with Crippen molar-refractivity contribution in [2.24, 2.45) is 7.05 Å². The Morgan fingerprint density at radius 2 is 2.26 bits per heavy atom. The summed E-state index contributed by atoms with van der Waals surface area (Å²) in [6.45, 7) is 6.31. The van der Waals surface area contributed by atoms with Gasteiger partial charge in [0.2, 0.25) is 0 Å². The molecule has 1 aliphatic rings. The molecule has 2 aromatic rings. The largest absolute Gasteiger partial charge is 0.384 e. The van der Waals surface area contributed by atoms with Crippen molar-refractivity contribution in [2.75, 3.05) is 20.3 Å². The Hall–Kier alpha value is -2.15. The molecule has 2 aromatic heterocycles. The molecule has 0 aliphatic carbocycles. The molecule has 0 spiro atoms. The van der Waals surface area contributed by atoms with Crippen LogP contribution in [0.25, 0.3) is 0 Å². The van der Waals surface area contributed by atoms with Crippen molar-refractivity contribution in [3.63, 3.8) is 0 Å². The van der Waals surface area contributed by atoms with Crippen LogP contribution >= 0.6 is 0 Å². The van der Waals surface area contributed by atoms with Crippen LogP contribution in [0, 0.1) is 6.92 Å². The van der Waals surface area contributed by atoms with E-state index in [9.17, 15) is 4.79 Å². The Kier molecular flexibility index (Phi) is 4.21. The normalized spacial score (nSPS) is 17.4. The average Bonchev–Trinajstić information content (AvgIpc) is 3.10. The highest BCUT2D eigenvalue weighted by Crippen LogP contribution is 2.28. The fourth-order valence-corrected chi connectivity index (χ4v) is 3.34. The number of hydrogen-bond donors (Lipinski definition) is 0. The standard InChI is InChI=1S/C16H23N5O2/c1-5-21-14(6-11(2)18-21)16(22)20-7-12(9-23-4)15-13(8-20)17-10-19(15)3/h6,10,12H,5,7-9H2,1-4H3/t12-/m0/s1. The predicted octanol–water partition coefficient (Wildman–Crippen LogP) is 1.33. The topological polar surface area (TPSA) is 65.2 Å². The van der Waals surface area contributed by atoms with E-state index in [1.165, 1.54) is 0 Å². The smallest absolute Gasteiger partial charge is 0.272 e. The third-order valence-electron chi connectivity index (χ3n) is 4.31. The van der Waals surface area contributed by atoms with Gasteiger partial charge in [-0.3, -0.25) is 9.48 Å². The van der Waals surface area contributed by atoms with Crippen LogP contribution in [0.3, 0.4) is 0 Å². The maximum absolute atomic E-state index is 12.9. The van der Waals surface area contributed by atoms with Crippen molar-refractivity contribution >= 4 is 5.91 Å². The SMILES string of the molecule is CCn1nc(C)cc1C(=O)N1Cc2ncn(C)c2[C@H](COC)C1. The number of hydrogen-bond acceptors (Lipinski definition) is 4. The van der Waals surface area contributed by atoms with Gasteiger partial charge >= 0.3 is 0 Å². The van der Waals surface area contributed by atoms with Crippen molar-refractivity contribution in [1.29, 1.82) is 0 Å². The molecule has 1 aliphatic heterocycles. The highest BCUT2D eigenvalue weighted by atomic mass is 16.5. The Morgan fingerprint density at radius 3 is 2.96 bits per heavy atom. The molecule has 0 unspecified atom stereocenters. The van der Waals surface area contributed by atoms with Crippen LogP contribution in [0.2, 0.25) is 0 Å². The molecule has 0 fully saturated rings. The fourth-order valence-electron chi connectivity index (χ4n) is 3.34. The van der Waals surface area contributed by atoms with Crippen LogP contribution in [-0.2, 0) is 24.9 Å². The molecule has 0 aromatic carbocycles. The number of aryl methyl sites for hydroxylation is 3. The molecule has 0 saturated carbocycles. The van der Waals surface area contributed by atoms with Gasteiger partial charge in [0, 0.05) is 38.9 Å². The van der Waals surface area contributed by atoms with Crippen LogP contribution in [0.4, 0.5) is 0 Å². The quantitative estimate of drug-likeness (QED) is 0.853. The number of aromatic nitrogens is 4. The Morgan fingerprint density at radius 1 is 1.48 bits per heavy atom. The van der Waals surface area contributed by atoms with Crippen molar-refractivity contribution in [1.82, 2.24) is 24.2 Å². The molecule has 0 saturated heterocycles. The van der Waals surface area contributed by atoms with Crippen LogP contribution in [0.5, 0.6) is 0 Å². The summed E-state index contributed by atoms with van der Waals surface area (Å²) in [5, 5.41) is 4.37. The van der Waals surface area contributed by atoms with Gasteiger partial charge in [-0.2, -0.15) is 5.10 Å². The summed E-state index contributed by atoms with van der Waals surface area (Å²) in [6.07, 6.45) is 1.81. The second-order valence-corrected chi connectivity index (χ2v) is 6.01. The lowest BCUT2D eigenvalue weighted by Gasteiger charge is -2.32. The maximum atomic E-state index is 12.9. The fraction of sp³-hybridized carbons (Fsp3) is 0.562. The van der Waals surface area contributed by atoms with Crippen molar-refractivity contribution in [2.45, 2.75) is 32.9 Å². The van der Waals surface area contributed by atoms with E-state index in [2.05, 4.69) is 10.1 Å². The van der Waals surface area contributed by atoms with Gasteiger partial charge in [0.05, 0.1) is 30.9 Å². The highest BCUT2D eigenvalue weighted by molar-refractivity contribution is 5.92. The number of rotatable bonds is 4. The number of nitrogens with zero attached hydrogens (tertiary/aromatic N) is 5. The summed E-state index contributed by atoms with van der Waals surface area (Å²) in [6, 6.07) is 1.85. The third kappa shape index (κ3) is 2.76. The second kappa shape index (κ2) is 6.16. The molecule has 23 heavy (non-hydrogen) atoms. The minimum atomic E-state index is 0.00450. The molecule has 0 N–H and O–H groups in total. The minimum absolute atomic E-state index is 0.00450. The highest BCUT2D eigenvalue weighted by Gasteiger charge is 2.32. The van der Waals surface area contributed by atoms with E-state index in [1.54, 1.807) is 11.8 Å². The van der Waals surface area contributed by atoms with Gasteiger partial charge in [0.25, 0.3) is 5.91 Å². The lowest BCUT2D eigenvalue weighted by Crippen LogP contribution is -2.40. The Balaban J connectivity index is 1.90. The van der Waals surface area contributed by atoms with Gasteiger partial charge in [-0.05, 0) is 19.9 Å². The summed E-state index contributed by atoms with van der Waals surface area (Å²) in [5.41, 5.74) is 3.62. The van der Waals surface area contributed by atoms with E-state index in [4.69, 9.17) is 4.74 Å². The number of carbonyl (C=O) groups excluding carboxylic acids is 1. The molecule has 0 bridgehead atoms. The summed E-state index contributed by atoms with van der Waals surface area (Å²) in [7, 11) is 3.67. The number of amides is 1. The molecular formula is C16H23N5O2. The van der Waals surface area contributed by atoms with Gasteiger partial charge in [-0.25, -0.2) is 4.98 Å². The van der Waals surface area contributed by atoms with Gasteiger partial charge in [-0.15, -0.1) is 0 Å². The van der Waals surface area contributed by atoms with Gasteiger partial charge < -0.3 is 14.2 Å². The van der Waals surface area contributed by atoms with Crippen LogP contribution in [-0.4, -0.2) is 50.4 Å². The third-order valence-corrected chi connectivity index (χ3v) is 4.31. The van der Waals surface area contributed by atoms with E-state index in [0.717, 1.165) is 17.1 Å². The molecule has 0 radical (unpaired) electrons. The molecule has 1 amide bonds. The number of imidazole rings is 1. The monoisotopic (exact) mass is 317 g/mol. The predicted molar refractivity (Wildman–Crippen MR) is 85.2 cm³/mol. The first-order valence-electron chi connectivity index (χ1n) is 7.87. The molecule has 3 rings (SSSR count). The van der Waals surface area contributed by atoms with Crippen molar-refractivity contribution < 1.29 is 9.53 Å². The summed E-state index contributed by atoms with van der Waals surface area (Å²) >= 11 is 0. The van der Waals surface area contributed by atoms with Gasteiger partial charge in [0.1, 0.15) is 5.69 Å². The average molecular weight is 317 g/mol. The zero-order chi connectivity index (χ0) is 16.6. The number of ether oxygens (including phenoxy) is 1. The Bertz CT molecular complexity index is 718.